The number of para-hydroxylation sites is 2. The SMILES string of the molecule is COC(=O)N[C@@H](C)c1nc2ccccc2[nH]1. The normalized spacial score (nSPS) is 12.4. The Labute approximate surface area is 92.8 Å². The molecule has 1 heterocycles. The van der Waals surface area contributed by atoms with E-state index in [1.54, 1.807) is 0 Å². The maximum atomic E-state index is 11.0. The minimum absolute atomic E-state index is 0.208. The summed E-state index contributed by atoms with van der Waals surface area (Å²) in [6.07, 6.45) is -0.465. The summed E-state index contributed by atoms with van der Waals surface area (Å²) in [5.41, 5.74) is 1.84. The van der Waals surface area contributed by atoms with E-state index in [1.165, 1.54) is 7.11 Å². The number of benzene rings is 1. The van der Waals surface area contributed by atoms with Crippen molar-refractivity contribution in [3.8, 4) is 0 Å². The number of carbonyl (C=O) groups excluding carboxylic acids is 1. The Kier molecular flexibility index (Phi) is 2.76. The Morgan fingerprint density at radius 1 is 1.50 bits per heavy atom. The van der Waals surface area contributed by atoms with Crippen LogP contribution in [0.15, 0.2) is 24.3 Å². The fourth-order valence-corrected chi connectivity index (χ4v) is 1.48. The first kappa shape index (κ1) is 10.5. The highest BCUT2D eigenvalue weighted by Crippen LogP contribution is 2.15. The van der Waals surface area contributed by atoms with Gasteiger partial charge < -0.3 is 15.0 Å². The summed E-state index contributed by atoms with van der Waals surface area (Å²) in [5, 5.41) is 2.65. The van der Waals surface area contributed by atoms with Gasteiger partial charge in [0.05, 0.1) is 24.2 Å². The number of fused-ring (bicyclic) bond motifs is 1. The molecule has 1 aromatic carbocycles. The number of imidazole rings is 1. The zero-order valence-corrected chi connectivity index (χ0v) is 9.15. The van der Waals surface area contributed by atoms with E-state index < -0.39 is 6.09 Å². The molecule has 0 unspecified atom stereocenters. The summed E-state index contributed by atoms with van der Waals surface area (Å²) in [5.74, 6) is 0.714. The summed E-state index contributed by atoms with van der Waals surface area (Å²) >= 11 is 0. The lowest BCUT2D eigenvalue weighted by molar-refractivity contribution is 0.167. The van der Waals surface area contributed by atoms with Gasteiger partial charge in [0.15, 0.2) is 0 Å². The number of nitrogens with one attached hydrogen (secondary N) is 2. The largest absolute Gasteiger partial charge is 0.453 e. The highest BCUT2D eigenvalue weighted by Gasteiger charge is 2.12. The second-order valence-corrected chi connectivity index (χ2v) is 3.50. The van der Waals surface area contributed by atoms with Gasteiger partial charge in [-0.3, -0.25) is 0 Å². The van der Waals surface area contributed by atoms with Gasteiger partial charge in [-0.05, 0) is 19.1 Å². The first-order valence-electron chi connectivity index (χ1n) is 5.00. The second kappa shape index (κ2) is 4.22. The van der Waals surface area contributed by atoms with E-state index in [0.29, 0.717) is 5.82 Å². The molecule has 5 nitrogen and oxygen atoms in total. The lowest BCUT2D eigenvalue weighted by Gasteiger charge is -2.09. The highest BCUT2D eigenvalue weighted by atomic mass is 16.5. The molecule has 2 rings (SSSR count). The molecule has 0 fully saturated rings. The van der Waals surface area contributed by atoms with Crippen LogP contribution >= 0.6 is 0 Å². The molecule has 84 valence electrons. The van der Waals surface area contributed by atoms with Crippen LogP contribution in [-0.4, -0.2) is 23.2 Å². The molecule has 2 aromatic rings. The Bertz CT molecular complexity index is 474. The monoisotopic (exact) mass is 219 g/mol. The second-order valence-electron chi connectivity index (χ2n) is 3.50. The molecule has 0 saturated heterocycles. The molecule has 16 heavy (non-hydrogen) atoms. The van der Waals surface area contributed by atoms with Crippen LogP contribution in [0.1, 0.15) is 18.8 Å². The van der Waals surface area contributed by atoms with Crippen LogP contribution in [0.3, 0.4) is 0 Å². The van der Waals surface area contributed by atoms with Crippen molar-refractivity contribution in [2.24, 2.45) is 0 Å². The van der Waals surface area contributed by atoms with E-state index in [2.05, 4.69) is 20.0 Å². The van der Waals surface area contributed by atoms with Gasteiger partial charge in [-0.1, -0.05) is 12.1 Å². The van der Waals surface area contributed by atoms with E-state index in [-0.39, 0.29) is 6.04 Å². The number of H-pyrrole nitrogens is 1. The highest BCUT2D eigenvalue weighted by molar-refractivity contribution is 5.75. The number of aromatic amines is 1. The third-order valence-corrected chi connectivity index (χ3v) is 2.34. The van der Waals surface area contributed by atoms with Crippen LogP contribution in [0.2, 0.25) is 0 Å². The summed E-state index contributed by atoms with van der Waals surface area (Å²) in [7, 11) is 1.33. The summed E-state index contributed by atoms with van der Waals surface area (Å²) in [6.45, 7) is 1.84. The Balaban J connectivity index is 2.23. The lowest BCUT2D eigenvalue weighted by atomic mass is 10.3. The molecule has 5 heteroatoms. The van der Waals surface area contributed by atoms with Crippen LogP contribution in [0.25, 0.3) is 11.0 Å². The molecule has 0 aliphatic carbocycles. The lowest BCUT2D eigenvalue weighted by Crippen LogP contribution is -2.26. The summed E-state index contributed by atoms with van der Waals surface area (Å²) in [6, 6.07) is 7.50. The molecule has 0 saturated carbocycles. The van der Waals surface area contributed by atoms with Crippen molar-refractivity contribution in [2.45, 2.75) is 13.0 Å². The number of rotatable bonds is 2. The van der Waals surface area contributed by atoms with Crippen molar-refractivity contribution < 1.29 is 9.53 Å². The summed E-state index contributed by atoms with van der Waals surface area (Å²) in [4.78, 5) is 18.6. The smallest absolute Gasteiger partial charge is 0.407 e. The number of amides is 1. The van der Waals surface area contributed by atoms with Gasteiger partial charge in [0.1, 0.15) is 5.82 Å². The van der Waals surface area contributed by atoms with E-state index in [0.717, 1.165) is 11.0 Å². The van der Waals surface area contributed by atoms with Crippen LogP contribution < -0.4 is 5.32 Å². The molecule has 1 aromatic heterocycles. The molecule has 0 bridgehead atoms. The van der Waals surface area contributed by atoms with Gasteiger partial charge in [-0.25, -0.2) is 9.78 Å². The standard InChI is InChI=1S/C11H13N3O2/c1-7(12-11(15)16-2)10-13-8-5-3-4-6-9(8)14-10/h3-7H,1-2H3,(H,12,15)(H,13,14)/t7-/m0/s1. The van der Waals surface area contributed by atoms with Crippen molar-refractivity contribution in [3.05, 3.63) is 30.1 Å². The van der Waals surface area contributed by atoms with Crippen molar-refractivity contribution >= 4 is 17.1 Å². The number of alkyl carbamates (subject to hydrolysis) is 1. The number of nitrogens with zero attached hydrogens (tertiary/aromatic N) is 1. The van der Waals surface area contributed by atoms with Crippen molar-refractivity contribution in [2.75, 3.05) is 7.11 Å². The van der Waals surface area contributed by atoms with E-state index in [4.69, 9.17) is 0 Å². The maximum Gasteiger partial charge on any atom is 0.407 e. The Morgan fingerprint density at radius 3 is 2.94 bits per heavy atom. The fourth-order valence-electron chi connectivity index (χ4n) is 1.48. The Hall–Kier alpha value is -2.04. The van der Waals surface area contributed by atoms with Gasteiger partial charge in [0.25, 0.3) is 0 Å². The third kappa shape index (κ3) is 1.98. The quantitative estimate of drug-likeness (QED) is 0.811. The molecule has 2 N–H and O–H groups in total. The van der Waals surface area contributed by atoms with Gasteiger partial charge in [-0.2, -0.15) is 0 Å². The van der Waals surface area contributed by atoms with Gasteiger partial charge in [0.2, 0.25) is 0 Å². The maximum absolute atomic E-state index is 11.0. The molecule has 0 aliphatic heterocycles. The number of ether oxygens (including phenoxy) is 1. The zero-order valence-electron chi connectivity index (χ0n) is 9.15. The number of aromatic nitrogens is 2. The van der Waals surface area contributed by atoms with Gasteiger partial charge in [0, 0.05) is 0 Å². The zero-order chi connectivity index (χ0) is 11.5. The molecule has 1 amide bonds. The molecule has 0 aliphatic rings. The average molecular weight is 219 g/mol. The van der Waals surface area contributed by atoms with Crippen molar-refractivity contribution in [3.63, 3.8) is 0 Å². The topological polar surface area (TPSA) is 67.0 Å². The number of methoxy groups -OCH3 is 1. The predicted octanol–water partition coefficient (Wildman–Crippen LogP) is 1.98. The minimum Gasteiger partial charge on any atom is -0.453 e. The van der Waals surface area contributed by atoms with Crippen LogP contribution in [0, 0.1) is 0 Å². The number of hydrogen-bond donors (Lipinski definition) is 2. The fraction of sp³-hybridized carbons (Fsp3) is 0.273. The molecule has 0 spiro atoms. The third-order valence-electron chi connectivity index (χ3n) is 2.34. The van der Waals surface area contributed by atoms with E-state index in [1.807, 2.05) is 31.2 Å². The predicted molar refractivity (Wildman–Crippen MR) is 60.0 cm³/mol. The summed E-state index contributed by atoms with van der Waals surface area (Å²) < 4.78 is 4.52. The molecule has 1 atom stereocenters. The van der Waals surface area contributed by atoms with E-state index in [9.17, 15) is 4.79 Å². The Morgan fingerprint density at radius 2 is 2.25 bits per heavy atom. The van der Waals surface area contributed by atoms with Crippen molar-refractivity contribution in [1.82, 2.24) is 15.3 Å². The van der Waals surface area contributed by atoms with Crippen LogP contribution in [0.4, 0.5) is 4.79 Å². The minimum atomic E-state index is -0.465. The molecular formula is C11H13N3O2. The first-order chi connectivity index (χ1) is 7.70. The first-order valence-corrected chi connectivity index (χ1v) is 5.00. The number of carbonyl (C=O) groups is 1. The van der Waals surface area contributed by atoms with E-state index >= 15 is 0 Å². The van der Waals surface area contributed by atoms with Gasteiger partial charge >= 0.3 is 6.09 Å². The number of hydrogen-bond acceptors (Lipinski definition) is 3. The van der Waals surface area contributed by atoms with Crippen molar-refractivity contribution in [1.29, 1.82) is 0 Å². The average Bonchev–Trinajstić information content (AvgIpc) is 2.72. The molecular weight excluding hydrogens is 206 g/mol. The molecule has 0 radical (unpaired) electrons. The van der Waals surface area contributed by atoms with Crippen LogP contribution in [0.5, 0.6) is 0 Å². The van der Waals surface area contributed by atoms with Crippen LogP contribution in [-0.2, 0) is 4.74 Å². The van der Waals surface area contributed by atoms with Gasteiger partial charge in [-0.15, -0.1) is 0 Å².